The smallest absolute Gasteiger partial charge is 0.259 e. The second kappa shape index (κ2) is 5.47. The van der Waals surface area contributed by atoms with E-state index < -0.39 is 0 Å². The molecule has 2 heterocycles. The van der Waals surface area contributed by atoms with Gasteiger partial charge in [-0.3, -0.25) is 9.36 Å². The summed E-state index contributed by atoms with van der Waals surface area (Å²) in [5.41, 5.74) is 10.9. The van der Waals surface area contributed by atoms with E-state index in [4.69, 9.17) is 5.73 Å². The molecule has 4 heteroatoms. The van der Waals surface area contributed by atoms with Crippen LogP contribution in [0.5, 0.6) is 0 Å². The number of hydrogen-bond acceptors (Lipinski definition) is 3. The van der Waals surface area contributed by atoms with Crippen LogP contribution in [-0.4, -0.2) is 23.1 Å². The first kappa shape index (κ1) is 14.0. The van der Waals surface area contributed by atoms with Crippen LogP contribution in [0.3, 0.4) is 0 Å². The molecule has 0 atom stereocenters. The Bertz CT molecular complexity index is 733. The van der Waals surface area contributed by atoms with Crippen LogP contribution in [0.2, 0.25) is 0 Å². The molecule has 0 saturated heterocycles. The number of benzene rings is 1. The first-order valence-corrected chi connectivity index (χ1v) is 7.32. The average molecular weight is 283 g/mol. The Morgan fingerprint density at radius 3 is 2.81 bits per heavy atom. The van der Waals surface area contributed by atoms with Gasteiger partial charge in [-0.15, -0.1) is 0 Å². The molecule has 1 aliphatic rings. The highest BCUT2D eigenvalue weighted by atomic mass is 16.1. The number of nitrogens with zero attached hydrogens (tertiary/aromatic N) is 2. The monoisotopic (exact) mass is 283 g/mol. The van der Waals surface area contributed by atoms with Gasteiger partial charge in [-0.25, -0.2) is 0 Å². The molecule has 0 unspecified atom stereocenters. The molecule has 2 N–H and O–H groups in total. The van der Waals surface area contributed by atoms with Gasteiger partial charge in [0, 0.05) is 43.0 Å². The maximum atomic E-state index is 12.7. The van der Waals surface area contributed by atoms with Crippen molar-refractivity contribution in [3.05, 3.63) is 63.1 Å². The van der Waals surface area contributed by atoms with E-state index in [0.717, 1.165) is 36.5 Å². The Labute approximate surface area is 124 Å². The lowest BCUT2D eigenvalue weighted by Crippen LogP contribution is -2.35. The van der Waals surface area contributed by atoms with Crippen molar-refractivity contribution >= 4 is 0 Å². The normalized spacial score (nSPS) is 15.0. The van der Waals surface area contributed by atoms with E-state index in [2.05, 4.69) is 18.0 Å². The third-order valence-corrected chi connectivity index (χ3v) is 4.12. The summed E-state index contributed by atoms with van der Waals surface area (Å²) in [5.74, 6) is 0. The molecule has 1 aromatic carbocycles. The number of aromatic nitrogens is 1. The van der Waals surface area contributed by atoms with Crippen LogP contribution < -0.4 is 11.3 Å². The largest absolute Gasteiger partial charge is 0.326 e. The molecule has 0 radical (unpaired) electrons. The van der Waals surface area contributed by atoms with Gasteiger partial charge in [0.1, 0.15) is 0 Å². The summed E-state index contributed by atoms with van der Waals surface area (Å²) in [6.07, 6.45) is 0.889. The fourth-order valence-electron chi connectivity index (χ4n) is 3.03. The van der Waals surface area contributed by atoms with Crippen LogP contribution in [0.4, 0.5) is 0 Å². The maximum absolute atomic E-state index is 12.7. The van der Waals surface area contributed by atoms with Crippen LogP contribution in [0, 0.1) is 6.92 Å². The molecule has 0 fully saturated rings. The van der Waals surface area contributed by atoms with Crippen molar-refractivity contribution in [1.82, 2.24) is 9.47 Å². The lowest BCUT2D eigenvalue weighted by molar-refractivity contribution is 0.307. The summed E-state index contributed by atoms with van der Waals surface area (Å²) in [7, 11) is 2.10. The summed E-state index contributed by atoms with van der Waals surface area (Å²) in [6, 6.07) is 10.1. The average Bonchev–Trinajstić information content (AvgIpc) is 2.46. The highest BCUT2D eigenvalue weighted by Crippen LogP contribution is 2.21. The summed E-state index contributed by atoms with van der Waals surface area (Å²) in [4.78, 5) is 15.0. The van der Waals surface area contributed by atoms with Crippen LogP contribution in [0.15, 0.2) is 35.1 Å². The Balaban J connectivity index is 2.28. The minimum absolute atomic E-state index is 0.0198. The second-order valence-corrected chi connectivity index (χ2v) is 5.81. The third kappa shape index (κ3) is 2.52. The molecule has 0 amide bonds. The Hall–Kier alpha value is -1.91. The van der Waals surface area contributed by atoms with Crippen molar-refractivity contribution in [2.75, 3.05) is 13.6 Å². The Morgan fingerprint density at radius 2 is 2.10 bits per heavy atom. The lowest BCUT2D eigenvalue weighted by Gasteiger charge is -2.28. The van der Waals surface area contributed by atoms with Gasteiger partial charge < -0.3 is 10.6 Å². The van der Waals surface area contributed by atoms with E-state index in [1.165, 1.54) is 5.56 Å². The Kier molecular flexibility index (Phi) is 3.66. The number of fused-ring (bicyclic) bond motifs is 1. The molecule has 0 saturated carbocycles. The molecule has 0 spiro atoms. The fourth-order valence-corrected chi connectivity index (χ4v) is 3.03. The van der Waals surface area contributed by atoms with Crippen molar-refractivity contribution in [3.8, 4) is 5.69 Å². The number of nitrogens with two attached hydrogens (primary N) is 1. The molecule has 0 bridgehead atoms. The van der Waals surface area contributed by atoms with Gasteiger partial charge in [-0.05, 0) is 43.3 Å². The summed E-state index contributed by atoms with van der Waals surface area (Å²) in [5, 5.41) is 0. The van der Waals surface area contributed by atoms with Gasteiger partial charge in [0.05, 0.1) is 0 Å². The van der Waals surface area contributed by atoms with Crippen molar-refractivity contribution in [2.45, 2.75) is 26.4 Å². The van der Waals surface area contributed by atoms with Gasteiger partial charge in [0.15, 0.2) is 0 Å². The standard InChI is InChI=1S/C17H21N3O/c1-12-4-3-5-15(8-12)20-16-6-7-19(2)11-14(16)9-13(10-18)17(20)21/h3-5,8-9H,6-7,10-11,18H2,1-2H3. The fraction of sp³-hybridized carbons (Fsp3) is 0.353. The lowest BCUT2D eigenvalue weighted by atomic mass is 10.0. The van der Waals surface area contributed by atoms with E-state index in [9.17, 15) is 4.79 Å². The highest BCUT2D eigenvalue weighted by Gasteiger charge is 2.20. The van der Waals surface area contributed by atoms with Gasteiger partial charge in [0.2, 0.25) is 0 Å². The van der Waals surface area contributed by atoms with Gasteiger partial charge in [-0.2, -0.15) is 0 Å². The van der Waals surface area contributed by atoms with Crippen LogP contribution in [0.25, 0.3) is 5.69 Å². The van der Waals surface area contributed by atoms with Gasteiger partial charge in [-0.1, -0.05) is 12.1 Å². The number of hydrogen-bond donors (Lipinski definition) is 1. The predicted octanol–water partition coefficient (Wildman–Crippen LogP) is 1.59. The minimum Gasteiger partial charge on any atom is -0.326 e. The summed E-state index contributed by atoms with van der Waals surface area (Å²) in [6.45, 7) is 4.16. The van der Waals surface area contributed by atoms with Crippen molar-refractivity contribution in [3.63, 3.8) is 0 Å². The van der Waals surface area contributed by atoms with Crippen molar-refractivity contribution < 1.29 is 0 Å². The zero-order valence-electron chi connectivity index (χ0n) is 12.6. The number of aryl methyl sites for hydroxylation is 1. The molecule has 1 aliphatic heterocycles. The Morgan fingerprint density at radius 1 is 1.29 bits per heavy atom. The minimum atomic E-state index is 0.0198. The van der Waals surface area contributed by atoms with E-state index in [1.54, 1.807) is 0 Å². The van der Waals surface area contributed by atoms with Crippen LogP contribution in [0.1, 0.15) is 22.4 Å². The van der Waals surface area contributed by atoms with Gasteiger partial charge in [0.25, 0.3) is 5.56 Å². The first-order valence-electron chi connectivity index (χ1n) is 7.32. The molecule has 2 aromatic rings. The third-order valence-electron chi connectivity index (χ3n) is 4.12. The SMILES string of the molecule is Cc1cccc(-n2c3c(cc(CN)c2=O)CN(C)CC3)c1. The summed E-state index contributed by atoms with van der Waals surface area (Å²) < 4.78 is 1.86. The molecular formula is C17H21N3O. The zero-order chi connectivity index (χ0) is 15.0. The van der Waals surface area contributed by atoms with Gasteiger partial charge >= 0.3 is 0 Å². The van der Waals surface area contributed by atoms with Crippen LogP contribution >= 0.6 is 0 Å². The van der Waals surface area contributed by atoms with Crippen molar-refractivity contribution in [2.24, 2.45) is 5.73 Å². The molecule has 110 valence electrons. The molecule has 0 aliphatic carbocycles. The number of pyridine rings is 1. The molecule has 1 aromatic heterocycles. The highest BCUT2D eigenvalue weighted by molar-refractivity contribution is 5.41. The molecule has 4 nitrogen and oxygen atoms in total. The molecule has 3 rings (SSSR count). The first-order chi connectivity index (χ1) is 10.1. The number of likely N-dealkylation sites (N-methyl/N-ethyl adjacent to an activating group) is 1. The summed E-state index contributed by atoms with van der Waals surface area (Å²) >= 11 is 0. The quantitative estimate of drug-likeness (QED) is 0.910. The number of rotatable bonds is 2. The van der Waals surface area contributed by atoms with E-state index in [1.807, 2.05) is 35.8 Å². The van der Waals surface area contributed by atoms with E-state index >= 15 is 0 Å². The second-order valence-electron chi connectivity index (χ2n) is 5.81. The van der Waals surface area contributed by atoms with Crippen molar-refractivity contribution in [1.29, 1.82) is 0 Å². The van der Waals surface area contributed by atoms with E-state index in [0.29, 0.717) is 5.56 Å². The molecule has 21 heavy (non-hydrogen) atoms. The zero-order valence-corrected chi connectivity index (χ0v) is 12.6. The van der Waals surface area contributed by atoms with E-state index in [-0.39, 0.29) is 12.1 Å². The maximum Gasteiger partial charge on any atom is 0.259 e. The van der Waals surface area contributed by atoms with Crippen LogP contribution in [-0.2, 0) is 19.5 Å². The topological polar surface area (TPSA) is 51.3 Å². The molecular weight excluding hydrogens is 262 g/mol. The predicted molar refractivity (Wildman–Crippen MR) is 84.7 cm³/mol.